The summed E-state index contributed by atoms with van der Waals surface area (Å²) in [7, 11) is -3.33. The summed E-state index contributed by atoms with van der Waals surface area (Å²) in [5.74, 6) is 2.82. The molecule has 0 aromatic heterocycles. The first-order valence-corrected chi connectivity index (χ1v) is 10.1. The van der Waals surface area contributed by atoms with Crippen LogP contribution >= 0.6 is 11.8 Å². The molecule has 114 valence electrons. The van der Waals surface area contributed by atoms with Crippen molar-refractivity contribution in [2.45, 2.75) is 30.3 Å². The van der Waals surface area contributed by atoms with Crippen LogP contribution in [0.3, 0.4) is 0 Å². The van der Waals surface area contributed by atoms with Gasteiger partial charge in [-0.2, -0.15) is 4.31 Å². The van der Waals surface area contributed by atoms with Gasteiger partial charge in [0.1, 0.15) is 0 Å². The summed E-state index contributed by atoms with van der Waals surface area (Å²) in [4.78, 5) is 2.96. The van der Waals surface area contributed by atoms with E-state index in [1.165, 1.54) is 5.75 Å². The smallest absolute Gasteiger partial charge is 0.243 e. The van der Waals surface area contributed by atoms with Crippen LogP contribution in [-0.4, -0.2) is 54.4 Å². The van der Waals surface area contributed by atoms with Crippen molar-refractivity contribution in [2.24, 2.45) is 5.92 Å². The molecule has 0 radical (unpaired) electrons. The van der Waals surface area contributed by atoms with Crippen LogP contribution in [0.5, 0.6) is 0 Å². The number of aryl methyl sites for hydroxylation is 1. The summed E-state index contributed by atoms with van der Waals surface area (Å²) in [5.41, 5.74) is 1.09. The third-order valence-electron chi connectivity index (χ3n) is 5.05. The predicted molar refractivity (Wildman–Crippen MR) is 84.8 cm³/mol. The quantitative estimate of drug-likeness (QED) is 0.831. The van der Waals surface area contributed by atoms with Crippen LogP contribution in [0.4, 0.5) is 0 Å². The summed E-state index contributed by atoms with van der Waals surface area (Å²) in [6.07, 6.45) is 1.16. The number of nitrogens with zero attached hydrogens (tertiary/aromatic N) is 2. The molecule has 1 aromatic rings. The van der Waals surface area contributed by atoms with E-state index in [9.17, 15) is 8.42 Å². The Hall–Kier alpha value is -0.560. The van der Waals surface area contributed by atoms with E-state index in [1.54, 1.807) is 16.4 Å². The highest BCUT2D eigenvalue weighted by molar-refractivity contribution is 7.99. The van der Waals surface area contributed by atoms with Gasteiger partial charge >= 0.3 is 0 Å². The van der Waals surface area contributed by atoms with Crippen molar-refractivity contribution in [1.82, 2.24) is 9.21 Å². The number of rotatable bonds is 2. The number of hydrogen-bond acceptors (Lipinski definition) is 4. The lowest BCUT2D eigenvalue weighted by Gasteiger charge is -2.23. The topological polar surface area (TPSA) is 40.6 Å². The normalized spacial score (nSPS) is 33.3. The molecule has 0 bridgehead atoms. The summed E-state index contributed by atoms with van der Waals surface area (Å²) in [5, 5.41) is 0. The summed E-state index contributed by atoms with van der Waals surface area (Å²) >= 11 is 1.98. The average Bonchev–Trinajstić information content (AvgIpc) is 3.10. The first kappa shape index (κ1) is 14.1. The second-order valence-corrected chi connectivity index (χ2v) is 9.30. The lowest BCUT2D eigenvalue weighted by atomic mass is 10.0. The minimum absolute atomic E-state index is 0.431. The van der Waals surface area contributed by atoms with Gasteiger partial charge in [-0.3, -0.25) is 4.90 Å². The monoisotopic (exact) mass is 324 g/mol. The highest BCUT2D eigenvalue weighted by atomic mass is 32.2. The van der Waals surface area contributed by atoms with E-state index in [4.69, 9.17) is 0 Å². The molecule has 4 rings (SSSR count). The van der Waals surface area contributed by atoms with Gasteiger partial charge in [0.25, 0.3) is 0 Å². The van der Waals surface area contributed by atoms with E-state index in [2.05, 4.69) is 4.90 Å². The molecular formula is C15H20N2O2S2. The molecule has 21 heavy (non-hydrogen) atoms. The van der Waals surface area contributed by atoms with E-state index >= 15 is 0 Å². The van der Waals surface area contributed by atoms with Gasteiger partial charge in [0.15, 0.2) is 0 Å². The molecule has 1 aromatic carbocycles. The number of hydrogen-bond donors (Lipinski definition) is 0. The number of thioether (sulfide) groups is 1. The molecule has 3 heterocycles. The largest absolute Gasteiger partial charge is 0.286 e. The molecule has 3 saturated heterocycles. The SMILES string of the molecule is Cc1ccc(S(=O)(=O)N2C[C@@H]3C[C@H]4CSCN4[C@@H]3C2)cc1. The van der Waals surface area contributed by atoms with Gasteiger partial charge in [0.05, 0.1) is 4.90 Å². The molecule has 4 nitrogen and oxygen atoms in total. The first-order chi connectivity index (χ1) is 10.1. The zero-order chi connectivity index (χ0) is 14.6. The Kier molecular flexibility index (Phi) is 3.33. The maximum Gasteiger partial charge on any atom is 0.243 e. The van der Waals surface area contributed by atoms with Gasteiger partial charge in [-0.05, 0) is 31.4 Å². The van der Waals surface area contributed by atoms with Crippen LogP contribution in [-0.2, 0) is 10.0 Å². The fraction of sp³-hybridized carbons (Fsp3) is 0.600. The molecule has 3 aliphatic rings. The third-order valence-corrected chi connectivity index (χ3v) is 8.00. The number of sulfonamides is 1. The molecule has 0 aliphatic carbocycles. The molecule has 0 amide bonds. The second kappa shape index (κ2) is 4.98. The standard InChI is InChI=1S/C15H20N2O2S2/c1-11-2-4-14(5-3-11)21(18,19)16-7-12-6-13-9-20-10-17(13)15(12)8-16/h2-5,12-13,15H,6-10H2,1H3/t12-,13-,15+/m0/s1. The Labute approximate surface area is 130 Å². The zero-order valence-electron chi connectivity index (χ0n) is 12.1. The molecule has 0 unspecified atom stereocenters. The fourth-order valence-electron chi connectivity index (χ4n) is 3.89. The van der Waals surface area contributed by atoms with Crippen LogP contribution in [0.1, 0.15) is 12.0 Å². The van der Waals surface area contributed by atoms with Crippen molar-refractivity contribution >= 4 is 21.8 Å². The molecule has 3 aliphatic heterocycles. The Morgan fingerprint density at radius 1 is 1.19 bits per heavy atom. The maximum absolute atomic E-state index is 12.8. The van der Waals surface area contributed by atoms with E-state index < -0.39 is 10.0 Å². The number of fused-ring (bicyclic) bond motifs is 3. The van der Waals surface area contributed by atoms with Crippen molar-refractivity contribution in [3.05, 3.63) is 29.8 Å². The summed E-state index contributed by atoms with van der Waals surface area (Å²) in [6, 6.07) is 8.33. The van der Waals surface area contributed by atoms with E-state index in [1.807, 2.05) is 30.8 Å². The van der Waals surface area contributed by atoms with E-state index in [-0.39, 0.29) is 0 Å². The summed E-state index contributed by atoms with van der Waals surface area (Å²) < 4.78 is 27.2. The fourth-order valence-corrected chi connectivity index (χ4v) is 6.73. The van der Waals surface area contributed by atoms with E-state index in [0.717, 1.165) is 17.9 Å². The van der Waals surface area contributed by atoms with Gasteiger partial charge in [-0.1, -0.05) is 17.7 Å². The van der Waals surface area contributed by atoms with Crippen molar-refractivity contribution in [2.75, 3.05) is 24.7 Å². The Bertz CT molecular complexity index is 644. The van der Waals surface area contributed by atoms with E-state index in [0.29, 0.717) is 36.0 Å². The summed E-state index contributed by atoms with van der Waals surface area (Å²) in [6.45, 7) is 3.33. The minimum atomic E-state index is -3.33. The van der Waals surface area contributed by atoms with Crippen molar-refractivity contribution < 1.29 is 8.42 Å². The molecule has 6 heteroatoms. The molecule has 3 atom stereocenters. The minimum Gasteiger partial charge on any atom is -0.286 e. The van der Waals surface area contributed by atoms with Crippen molar-refractivity contribution in [3.8, 4) is 0 Å². The number of benzene rings is 1. The second-order valence-electron chi connectivity index (χ2n) is 6.37. The lowest BCUT2D eigenvalue weighted by Crippen LogP contribution is -2.38. The van der Waals surface area contributed by atoms with Gasteiger partial charge in [-0.25, -0.2) is 8.42 Å². The Morgan fingerprint density at radius 3 is 2.71 bits per heavy atom. The Morgan fingerprint density at radius 2 is 1.95 bits per heavy atom. The highest BCUT2D eigenvalue weighted by Crippen LogP contribution is 2.42. The predicted octanol–water partition coefficient (Wildman–Crippen LogP) is 1.76. The average molecular weight is 324 g/mol. The zero-order valence-corrected chi connectivity index (χ0v) is 13.7. The lowest BCUT2D eigenvalue weighted by molar-refractivity contribution is 0.248. The molecule has 0 N–H and O–H groups in total. The first-order valence-electron chi connectivity index (χ1n) is 7.46. The van der Waals surface area contributed by atoms with Gasteiger partial charge in [0, 0.05) is 36.8 Å². The van der Waals surface area contributed by atoms with Crippen LogP contribution in [0.15, 0.2) is 29.2 Å². The highest BCUT2D eigenvalue weighted by Gasteiger charge is 2.50. The molecule has 0 saturated carbocycles. The van der Waals surface area contributed by atoms with Crippen molar-refractivity contribution in [3.63, 3.8) is 0 Å². The Balaban J connectivity index is 1.57. The molecule has 3 fully saturated rings. The van der Waals surface area contributed by atoms with Crippen LogP contribution in [0, 0.1) is 12.8 Å². The van der Waals surface area contributed by atoms with Gasteiger partial charge in [-0.15, -0.1) is 11.8 Å². The molecule has 0 spiro atoms. The molecular weight excluding hydrogens is 304 g/mol. The third kappa shape index (κ3) is 2.23. The van der Waals surface area contributed by atoms with Crippen molar-refractivity contribution in [1.29, 1.82) is 0 Å². The van der Waals surface area contributed by atoms with Gasteiger partial charge in [0.2, 0.25) is 10.0 Å². The van der Waals surface area contributed by atoms with Gasteiger partial charge < -0.3 is 0 Å². The maximum atomic E-state index is 12.8. The van der Waals surface area contributed by atoms with Crippen LogP contribution in [0.2, 0.25) is 0 Å². The van der Waals surface area contributed by atoms with Crippen LogP contribution in [0.25, 0.3) is 0 Å². The van der Waals surface area contributed by atoms with Crippen LogP contribution < -0.4 is 0 Å².